The molecule has 0 unspecified atom stereocenters. The van der Waals surface area contributed by atoms with E-state index < -0.39 is 0 Å². The summed E-state index contributed by atoms with van der Waals surface area (Å²) < 4.78 is 0.970. The summed E-state index contributed by atoms with van der Waals surface area (Å²) in [7, 11) is 0. The molecule has 2 amide bonds. The van der Waals surface area contributed by atoms with Gasteiger partial charge in [0.25, 0.3) is 11.1 Å². The average Bonchev–Trinajstić information content (AvgIpc) is 2.77. The molecule has 2 aromatic carbocycles. The minimum absolute atomic E-state index is 0.261. The molecular weight excluding hydrogens is 362 g/mol. The lowest BCUT2D eigenvalue weighted by atomic mass is 10.1. The number of hydrogen-bond acceptors (Lipinski definition) is 3. The molecule has 5 heteroatoms. The zero-order valence-electron chi connectivity index (χ0n) is 11.7. The number of carbonyl (C=O) groups is 2. The maximum atomic E-state index is 12.5. The third kappa shape index (κ3) is 2.87. The molecule has 3 nitrogen and oxygen atoms in total. The summed E-state index contributed by atoms with van der Waals surface area (Å²) in [6.45, 7) is 1.89. The maximum Gasteiger partial charge on any atom is 0.298 e. The highest BCUT2D eigenvalue weighted by Gasteiger charge is 2.36. The van der Waals surface area contributed by atoms with Crippen LogP contribution in [0.3, 0.4) is 0 Å². The lowest BCUT2D eigenvalue weighted by Gasteiger charge is -2.14. The summed E-state index contributed by atoms with van der Waals surface area (Å²) in [6, 6.07) is 15.0. The second-order valence-electron chi connectivity index (χ2n) is 4.86. The van der Waals surface area contributed by atoms with Crippen LogP contribution >= 0.6 is 27.7 Å². The van der Waals surface area contributed by atoms with Gasteiger partial charge in [0.15, 0.2) is 0 Å². The van der Waals surface area contributed by atoms with E-state index >= 15 is 0 Å². The largest absolute Gasteiger partial charge is 0.298 e. The van der Waals surface area contributed by atoms with Crippen LogP contribution in [0.15, 0.2) is 57.9 Å². The van der Waals surface area contributed by atoms with E-state index in [2.05, 4.69) is 15.9 Å². The second kappa shape index (κ2) is 6.10. The van der Waals surface area contributed by atoms with Gasteiger partial charge in [0.1, 0.15) is 0 Å². The van der Waals surface area contributed by atoms with Crippen molar-refractivity contribution in [1.82, 2.24) is 0 Å². The molecule has 0 aliphatic carbocycles. The number of nitrogens with zero attached hydrogens (tertiary/aromatic N) is 1. The number of carbonyl (C=O) groups excluding carboxylic acids is 2. The Balaban J connectivity index is 1.95. The first-order chi connectivity index (χ1) is 10.6. The quantitative estimate of drug-likeness (QED) is 0.695. The molecule has 0 saturated carbocycles. The highest BCUT2D eigenvalue weighted by Crippen LogP contribution is 2.36. The zero-order chi connectivity index (χ0) is 15.7. The fourth-order valence-electron chi connectivity index (χ4n) is 2.20. The van der Waals surface area contributed by atoms with E-state index in [-0.39, 0.29) is 11.1 Å². The number of halogens is 1. The number of aryl methyl sites for hydroxylation is 1. The Morgan fingerprint density at radius 3 is 2.41 bits per heavy atom. The number of rotatable bonds is 2. The van der Waals surface area contributed by atoms with Gasteiger partial charge in [-0.1, -0.05) is 46.3 Å². The van der Waals surface area contributed by atoms with Gasteiger partial charge in [0.2, 0.25) is 0 Å². The molecule has 22 heavy (non-hydrogen) atoms. The van der Waals surface area contributed by atoms with Crippen molar-refractivity contribution >= 4 is 50.6 Å². The lowest BCUT2D eigenvalue weighted by molar-refractivity contribution is -0.113. The van der Waals surface area contributed by atoms with E-state index in [0.717, 1.165) is 27.4 Å². The third-order valence-corrected chi connectivity index (χ3v) is 4.72. The summed E-state index contributed by atoms with van der Waals surface area (Å²) in [5.74, 6) is -0.271. The average molecular weight is 374 g/mol. The van der Waals surface area contributed by atoms with Crippen LogP contribution in [0, 0.1) is 6.92 Å². The fraction of sp³-hybridized carbons (Fsp3) is 0.0588. The minimum Gasteiger partial charge on any atom is -0.268 e. The van der Waals surface area contributed by atoms with E-state index in [1.165, 1.54) is 4.90 Å². The summed E-state index contributed by atoms with van der Waals surface area (Å²) in [4.78, 5) is 26.4. The number of benzene rings is 2. The van der Waals surface area contributed by atoms with Crippen LogP contribution in [-0.2, 0) is 4.79 Å². The van der Waals surface area contributed by atoms with Crippen LogP contribution in [0.4, 0.5) is 10.5 Å². The van der Waals surface area contributed by atoms with Gasteiger partial charge >= 0.3 is 0 Å². The molecular formula is C17H12BrNO2S. The van der Waals surface area contributed by atoms with Crippen molar-refractivity contribution in [3.8, 4) is 0 Å². The van der Waals surface area contributed by atoms with Crippen molar-refractivity contribution < 1.29 is 9.59 Å². The molecule has 2 aromatic rings. The summed E-state index contributed by atoms with van der Waals surface area (Å²) in [5, 5.41) is -0.261. The molecule has 1 aliphatic rings. The Morgan fingerprint density at radius 1 is 1.05 bits per heavy atom. The number of para-hydroxylation sites is 1. The molecule has 110 valence electrons. The zero-order valence-corrected chi connectivity index (χ0v) is 14.1. The van der Waals surface area contributed by atoms with E-state index in [9.17, 15) is 9.59 Å². The topological polar surface area (TPSA) is 37.4 Å². The number of thioether (sulfide) groups is 1. The molecule has 1 aliphatic heterocycles. The van der Waals surface area contributed by atoms with E-state index in [0.29, 0.717) is 10.6 Å². The summed E-state index contributed by atoms with van der Waals surface area (Å²) in [6.07, 6.45) is 1.75. The molecule has 0 N–H and O–H groups in total. The molecule has 0 atom stereocenters. The lowest BCUT2D eigenvalue weighted by Crippen LogP contribution is -2.28. The first-order valence-electron chi connectivity index (χ1n) is 6.65. The van der Waals surface area contributed by atoms with Gasteiger partial charge in [-0.3, -0.25) is 9.59 Å². The first kappa shape index (κ1) is 15.1. The van der Waals surface area contributed by atoms with Crippen LogP contribution in [0.5, 0.6) is 0 Å². The van der Waals surface area contributed by atoms with Gasteiger partial charge in [0, 0.05) is 4.47 Å². The maximum absolute atomic E-state index is 12.5. The molecule has 1 heterocycles. The van der Waals surface area contributed by atoms with Gasteiger partial charge in [-0.2, -0.15) is 0 Å². The van der Waals surface area contributed by atoms with Gasteiger partial charge in [-0.15, -0.1) is 0 Å². The Hall–Kier alpha value is -1.85. The third-order valence-electron chi connectivity index (χ3n) is 3.32. The van der Waals surface area contributed by atoms with E-state index in [1.54, 1.807) is 12.1 Å². The fourth-order valence-corrected chi connectivity index (χ4v) is 3.30. The Bertz CT molecular complexity index is 784. The summed E-state index contributed by atoms with van der Waals surface area (Å²) in [5.41, 5.74) is 2.43. The highest BCUT2D eigenvalue weighted by molar-refractivity contribution is 9.10. The predicted molar refractivity (Wildman–Crippen MR) is 93.8 cm³/mol. The number of imide groups is 1. The molecule has 1 saturated heterocycles. The molecule has 3 rings (SSSR count). The standard InChI is InChI=1S/C17H12BrNO2S/c1-11-4-2-3-5-14(11)19-16(20)15(22-17(19)21)10-12-6-8-13(18)9-7-12/h2-10H,1H3. The second-order valence-corrected chi connectivity index (χ2v) is 6.76. The number of hydrogen-bond donors (Lipinski definition) is 0. The Kier molecular flexibility index (Phi) is 4.18. The van der Waals surface area contributed by atoms with E-state index in [1.807, 2.05) is 49.4 Å². The monoisotopic (exact) mass is 373 g/mol. The number of anilines is 1. The van der Waals surface area contributed by atoms with Crippen LogP contribution in [0.2, 0.25) is 0 Å². The van der Waals surface area contributed by atoms with Crippen LogP contribution in [0.1, 0.15) is 11.1 Å². The van der Waals surface area contributed by atoms with Crippen LogP contribution in [-0.4, -0.2) is 11.1 Å². The van der Waals surface area contributed by atoms with Crippen molar-refractivity contribution in [2.24, 2.45) is 0 Å². The summed E-state index contributed by atoms with van der Waals surface area (Å²) >= 11 is 4.34. The highest BCUT2D eigenvalue weighted by atomic mass is 79.9. The predicted octanol–water partition coefficient (Wildman–Crippen LogP) is 5.00. The van der Waals surface area contributed by atoms with Gasteiger partial charge in [-0.05, 0) is 54.1 Å². The van der Waals surface area contributed by atoms with Gasteiger partial charge in [0.05, 0.1) is 10.6 Å². The van der Waals surface area contributed by atoms with Crippen molar-refractivity contribution in [2.45, 2.75) is 6.92 Å². The van der Waals surface area contributed by atoms with Gasteiger partial charge < -0.3 is 0 Å². The molecule has 0 spiro atoms. The SMILES string of the molecule is Cc1ccccc1N1C(=O)SC(=Cc2ccc(Br)cc2)C1=O. The van der Waals surface area contributed by atoms with Crippen molar-refractivity contribution in [1.29, 1.82) is 0 Å². The Labute approximate surface area is 141 Å². The minimum atomic E-state index is -0.271. The smallest absolute Gasteiger partial charge is 0.268 e. The van der Waals surface area contributed by atoms with Crippen molar-refractivity contribution in [3.63, 3.8) is 0 Å². The van der Waals surface area contributed by atoms with Gasteiger partial charge in [-0.25, -0.2) is 4.90 Å². The molecule has 0 bridgehead atoms. The van der Waals surface area contributed by atoms with Crippen molar-refractivity contribution in [2.75, 3.05) is 4.90 Å². The van der Waals surface area contributed by atoms with Crippen molar-refractivity contribution in [3.05, 3.63) is 69.0 Å². The molecule has 0 aromatic heterocycles. The van der Waals surface area contributed by atoms with Crippen LogP contribution in [0.25, 0.3) is 6.08 Å². The normalized spacial score (nSPS) is 16.6. The Morgan fingerprint density at radius 2 is 1.73 bits per heavy atom. The van der Waals surface area contributed by atoms with E-state index in [4.69, 9.17) is 0 Å². The molecule has 0 radical (unpaired) electrons. The molecule has 1 fully saturated rings. The first-order valence-corrected chi connectivity index (χ1v) is 8.26. The van der Waals surface area contributed by atoms with Crippen LogP contribution < -0.4 is 4.90 Å². The number of amides is 2.